The average Bonchev–Trinajstić information content (AvgIpc) is 3.25. The lowest BCUT2D eigenvalue weighted by atomic mass is 10.0. The molecule has 2 heterocycles. The van der Waals surface area contributed by atoms with Gasteiger partial charge in [-0.05, 0) is 45.5 Å². The molecule has 6 nitrogen and oxygen atoms in total. The van der Waals surface area contributed by atoms with Gasteiger partial charge in [0.25, 0.3) is 5.91 Å². The highest BCUT2D eigenvalue weighted by atomic mass is 16.1. The van der Waals surface area contributed by atoms with Gasteiger partial charge in [-0.1, -0.05) is 42.0 Å². The zero-order valence-electron chi connectivity index (χ0n) is 19.3. The number of likely N-dealkylation sites (N-methyl/N-ethyl adjacent to an activating group) is 1. The Morgan fingerprint density at radius 1 is 1.06 bits per heavy atom. The molecule has 2 aromatic carbocycles. The summed E-state index contributed by atoms with van der Waals surface area (Å²) >= 11 is 0. The van der Waals surface area contributed by atoms with Crippen LogP contribution >= 0.6 is 0 Å². The minimum Gasteiger partial charge on any atom is -0.349 e. The third-order valence-electron chi connectivity index (χ3n) is 6.12. The van der Waals surface area contributed by atoms with Crippen LogP contribution in [0.4, 0.5) is 0 Å². The minimum atomic E-state index is -0.0745. The Morgan fingerprint density at radius 2 is 1.81 bits per heavy atom. The van der Waals surface area contributed by atoms with E-state index in [2.05, 4.69) is 48.1 Å². The standard InChI is InChI=1S/C26H33N5O/c1-20-8-7-9-22(18-20)25-24(19-31(28-25)23-10-5-4-6-11-23)26(32)27-21(2)12-13-30-16-14-29(3)15-17-30/h4-11,18-19,21H,12-17H2,1-3H3,(H,27,32)/t21-/m0/s1. The number of carbonyl (C=O) groups excluding carboxylic acids is 1. The molecule has 168 valence electrons. The largest absolute Gasteiger partial charge is 0.349 e. The van der Waals surface area contributed by atoms with E-state index in [4.69, 9.17) is 5.10 Å². The highest BCUT2D eigenvalue weighted by Gasteiger charge is 2.21. The van der Waals surface area contributed by atoms with Crippen LogP contribution in [0.1, 0.15) is 29.3 Å². The quantitative estimate of drug-likeness (QED) is 0.621. The summed E-state index contributed by atoms with van der Waals surface area (Å²) in [5, 5.41) is 7.99. The fourth-order valence-corrected chi connectivity index (χ4v) is 4.08. The summed E-state index contributed by atoms with van der Waals surface area (Å²) in [7, 11) is 2.17. The second kappa shape index (κ2) is 10.1. The van der Waals surface area contributed by atoms with Crippen molar-refractivity contribution < 1.29 is 4.79 Å². The number of rotatable bonds is 7. The van der Waals surface area contributed by atoms with Crippen molar-refractivity contribution in [2.75, 3.05) is 39.8 Å². The Hall–Kier alpha value is -2.96. The predicted molar refractivity (Wildman–Crippen MR) is 129 cm³/mol. The number of nitrogens with zero attached hydrogens (tertiary/aromatic N) is 4. The van der Waals surface area contributed by atoms with Crippen molar-refractivity contribution in [1.29, 1.82) is 0 Å². The zero-order chi connectivity index (χ0) is 22.5. The Labute approximate surface area is 190 Å². The molecular weight excluding hydrogens is 398 g/mol. The van der Waals surface area contributed by atoms with Gasteiger partial charge in [0.05, 0.1) is 11.3 Å². The maximum absolute atomic E-state index is 13.3. The molecule has 0 unspecified atom stereocenters. The molecule has 0 radical (unpaired) electrons. The highest BCUT2D eigenvalue weighted by Crippen LogP contribution is 2.25. The molecule has 6 heteroatoms. The molecule has 1 amide bonds. The molecule has 4 rings (SSSR count). The van der Waals surface area contributed by atoms with Crippen LogP contribution in [0.5, 0.6) is 0 Å². The Kier molecular flexibility index (Phi) is 7.02. The van der Waals surface area contributed by atoms with Crippen molar-refractivity contribution in [1.82, 2.24) is 24.9 Å². The van der Waals surface area contributed by atoms with Crippen LogP contribution in [0.15, 0.2) is 60.8 Å². The Balaban J connectivity index is 1.50. The second-order valence-electron chi connectivity index (χ2n) is 8.85. The van der Waals surface area contributed by atoms with E-state index in [1.807, 2.05) is 48.7 Å². The molecule has 1 N–H and O–H groups in total. The predicted octanol–water partition coefficient (Wildman–Crippen LogP) is 3.60. The summed E-state index contributed by atoms with van der Waals surface area (Å²) in [6.07, 6.45) is 2.78. The molecule has 0 saturated carbocycles. The van der Waals surface area contributed by atoms with Crippen molar-refractivity contribution in [3.63, 3.8) is 0 Å². The van der Waals surface area contributed by atoms with Crippen molar-refractivity contribution in [2.45, 2.75) is 26.3 Å². The Morgan fingerprint density at radius 3 is 2.53 bits per heavy atom. The molecule has 1 aliphatic rings. The number of aromatic nitrogens is 2. The highest BCUT2D eigenvalue weighted by molar-refractivity contribution is 6.00. The van der Waals surface area contributed by atoms with Crippen LogP contribution in [0.25, 0.3) is 16.9 Å². The number of benzene rings is 2. The summed E-state index contributed by atoms with van der Waals surface area (Å²) < 4.78 is 1.79. The van der Waals surface area contributed by atoms with Gasteiger partial charge in [-0.15, -0.1) is 0 Å². The van der Waals surface area contributed by atoms with Gasteiger partial charge < -0.3 is 15.1 Å². The van der Waals surface area contributed by atoms with Gasteiger partial charge in [0, 0.05) is 50.5 Å². The van der Waals surface area contributed by atoms with E-state index in [9.17, 15) is 4.79 Å². The molecule has 0 bridgehead atoms. The third-order valence-corrected chi connectivity index (χ3v) is 6.12. The molecule has 3 aromatic rings. The topological polar surface area (TPSA) is 53.4 Å². The number of piperazine rings is 1. The Bertz CT molecular complexity index is 1040. The number of aryl methyl sites for hydroxylation is 1. The monoisotopic (exact) mass is 431 g/mol. The fourth-order valence-electron chi connectivity index (χ4n) is 4.08. The molecule has 1 fully saturated rings. The maximum atomic E-state index is 13.3. The van der Waals surface area contributed by atoms with Gasteiger partial charge in [-0.25, -0.2) is 4.68 Å². The van der Waals surface area contributed by atoms with Crippen LogP contribution in [-0.2, 0) is 0 Å². The van der Waals surface area contributed by atoms with E-state index < -0.39 is 0 Å². The lowest BCUT2D eigenvalue weighted by Crippen LogP contribution is -2.46. The minimum absolute atomic E-state index is 0.0745. The number of nitrogens with one attached hydrogen (secondary N) is 1. The summed E-state index contributed by atoms with van der Waals surface area (Å²) in [4.78, 5) is 18.1. The van der Waals surface area contributed by atoms with Crippen molar-refractivity contribution in [2.24, 2.45) is 0 Å². The molecular formula is C26H33N5O. The van der Waals surface area contributed by atoms with Crippen LogP contribution in [0.3, 0.4) is 0 Å². The van der Waals surface area contributed by atoms with Gasteiger partial charge in [0.15, 0.2) is 0 Å². The van der Waals surface area contributed by atoms with E-state index >= 15 is 0 Å². The van der Waals surface area contributed by atoms with E-state index in [0.29, 0.717) is 11.3 Å². The van der Waals surface area contributed by atoms with Crippen molar-refractivity contribution >= 4 is 5.91 Å². The number of hydrogen-bond donors (Lipinski definition) is 1. The molecule has 0 spiro atoms. The molecule has 0 aliphatic carbocycles. The van der Waals surface area contributed by atoms with Crippen molar-refractivity contribution in [3.05, 3.63) is 71.9 Å². The van der Waals surface area contributed by atoms with Crippen LogP contribution < -0.4 is 5.32 Å². The molecule has 1 saturated heterocycles. The molecule has 1 aliphatic heterocycles. The first-order valence-electron chi connectivity index (χ1n) is 11.4. The van der Waals surface area contributed by atoms with Gasteiger partial charge in [-0.2, -0.15) is 5.10 Å². The van der Waals surface area contributed by atoms with Gasteiger partial charge in [0.1, 0.15) is 5.69 Å². The average molecular weight is 432 g/mol. The summed E-state index contributed by atoms with van der Waals surface area (Å²) in [5.74, 6) is -0.0745. The van der Waals surface area contributed by atoms with E-state index in [0.717, 1.165) is 56.0 Å². The summed E-state index contributed by atoms with van der Waals surface area (Å²) in [6, 6.07) is 18.2. The fraction of sp³-hybridized carbons (Fsp3) is 0.385. The first-order valence-corrected chi connectivity index (χ1v) is 11.4. The number of para-hydroxylation sites is 1. The third kappa shape index (κ3) is 5.44. The van der Waals surface area contributed by atoms with Crippen LogP contribution in [0, 0.1) is 6.92 Å². The maximum Gasteiger partial charge on any atom is 0.255 e. The molecule has 32 heavy (non-hydrogen) atoms. The van der Waals surface area contributed by atoms with Crippen LogP contribution in [0.2, 0.25) is 0 Å². The lowest BCUT2D eigenvalue weighted by Gasteiger charge is -2.32. The zero-order valence-corrected chi connectivity index (χ0v) is 19.3. The van der Waals surface area contributed by atoms with E-state index in [1.54, 1.807) is 4.68 Å². The summed E-state index contributed by atoms with van der Waals surface area (Å²) in [5.41, 5.74) is 4.34. The van der Waals surface area contributed by atoms with Crippen molar-refractivity contribution in [3.8, 4) is 16.9 Å². The first-order chi connectivity index (χ1) is 15.5. The SMILES string of the molecule is Cc1cccc(-c2nn(-c3ccccc3)cc2C(=O)N[C@@H](C)CCN2CCN(C)CC2)c1. The molecule has 1 aromatic heterocycles. The summed E-state index contributed by atoms with van der Waals surface area (Å²) in [6.45, 7) is 9.55. The second-order valence-corrected chi connectivity index (χ2v) is 8.85. The van der Waals surface area contributed by atoms with E-state index in [-0.39, 0.29) is 11.9 Å². The molecule has 1 atom stereocenters. The van der Waals surface area contributed by atoms with Crippen LogP contribution in [-0.4, -0.2) is 71.3 Å². The number of amides is 1. The smallest absolute Gasteiger partial charge is 0.255 e. The van der Waals surface area contributed by atoms with Gasteiger partial charge in [-0.3, -0.25) is 4.79 Å². The van der Waals surface area contributed by atoms with Gasteiger partial charge in [0.2, 0.25) is 0 Å². The lowest BCUT2D eigenvalue weighted by molar-refractivity contribution is 0.0932. The number of carbonyl (C=O) groups is 1. The van der Waals surface area contributed by atoms with E-state index in [1.165, 1.54) is 0 Å². The van der Waals surface area contributed by atoms with Gasteiger partial charge >= 0.3 is 0 Å². The number of hydrogen-bond acceptors (Lipinski definition) is 4. The first kappa shape index (κ1) is 22.2. The normalized spacial score (nSPS) is 16.1.